The van der Waals surface area contributed by atoms with Crippen molar-refractivity contribution in [2.24, 2.45) is 0 Å². The highest BCUT2D eigenvalue weighted by Gasteiger charge is 2.17. The van der Waals surface area contributed by atoms with Crippen molar-refractivity contribution in [3.8, 4) is 0 Å². The molecule has 3 heteroatoms. The molecule has 0 atom stereocenters. The van der Waals surface area contributed by atoms with Crippen molar-refractivity contribution in [1.82, 2.24) is 0 Å². The Kier molecular flexibility index (Phi) is 3.12. The minimum Gasteiger partial charge on any atom is -0.287 e. The first-order valence-corrected chi connectivity index (χ1v) is 7.74. The van der Waals surface area contributed by atoms with E-state index in [1.54, 1.807) is 11.3 Å². The summed E-state index contributed by atoms with van der Waals surface area (Å²) < 4.78 is 0. The van der Waals surface area contributed by atoms with Gasteiger partial charge in [-0.15, -0.1) is 22.7 Å². The average molecular weight is 262 g/mol. The van der Waals surface area contributed by atoms with Crippen molar-refractivity contribution >= 4 is 28.5 Å². The number of thiophene rings is 2. The molecule has 2 aromatic rings. The monoisotopic (exact) mass is 262 g/mol. The van der Waals surface area contributed by atoms with Gasteiger partial charge in [-0.2, -0.15) is 0 Å². The number of carbonyl (C=O) groups is 1. The van der Waals surface area contributed by atoms with E-state index in [0.717, 1.165) is 22.6 Å². The highest BCUT2D eigenvalue weighted by molar-refractivity contribution is 7.16. The molecule has 2 heterocycles. The molecule has 3 rings (SSSR count). The Hall–Kier alpha value is -0.930. The summed E-state index contributed by atoms with van der Waals surface area (Å²) in [5.74, 6) is 0.207. The van der Waals surface area contributed by atoms with E-state index in [9.17, 15) is 4.79 Å². The Morgan fingerprint density at radius 2 is 2.00 bits per heavy atom. The summed E-state index contributed by atoms with van der Waals surface area (Å²) in [7, 11) is 0. The zero-order valence-corrected chi connectivity index (χ0v) is 11.2. The van der Waals surface area contributed by atoms with Crippen LogP contribution in [-0.2, 0) is 12.8 Å². The molecular weight excluding hydrogens is 248 g/mol. The first-order valence-electron chi connectivity index (χ1n) is 6.04. The number of hydrogen-bond acceptors (Lipinski definition) is 3. The second-order valence-corrected chi connectivity index (χ2v) is 6.51. The number of rotatable bonds is 2. The number of carbonyl (C=O) groups excluding carboxylic acids is 1. The molecule has 1 aliphatic rings. The molecule has 0 fully saturated rings. The van der Waals surface area contributed by atoms with Gasteiger partial charge in [-0.05, 0) is 48.8 Å². The summed E-state index contributed by atoms with van der Waals surface area (Å²) in [6.45, 7) is 0. The van der Waals surface area contributed by atoms with E-state index < -0.39 is 0 Å². The van der Waals surface area contributed by atoms with Crippen LogP contribution in [0.15, 0.2) is 23.6 Å². The Bertz CT molecular complexity index is 499. The van der Waals surface area contributed by atoms with Crippen molar-refractivity contribution in [3.05, 3.63) is 43.8 Å². The van der Waals surface area contributed by atoms with Crippen LogP contribution in [0.5, 0.6) is 0 Å². The van der Waals surface area contributed by atoms with E-state index in [2.05, 4.69) is 6.07 Å². The molecule has 17 heavy (non-hydrogen) atoms. The van der Waals surface area contributed by atoms with Crippen molar-refractivity contribution < 1.29 is 4.79 Å². The SMILES string of the molecule is O=C(c1cccs1)c1cc2c(s1)CCCCC2. The Morgan fingerprint density at radius 3 is 2.82 bits per heavy atom. The Morgan fingerprint density at radius 1 is 1.12 bits per heavy atom. The van der Waals surface area contributed by atoms with E-state index >= 15 is 0 Å². The summed E-state index contributed by atoms with van der Waals surface area (Å²) in [4.78, 5) is 15.5. The smallest absolute Gasteiger partial charge is 0.212 e. The summed E-state index contributed by atoms with van der Waals surface area (Å²) in [5, 5.41) is 1.96. The van der Waals surface area contributed by atoms with Gasteiger partial charge in [0.25, 0.3) is 0 Å². The molecule has 2 aromatic heterocycles. The van der Waals surface area contributed by atoms with Gasteiger partial charge in [0.1, 0.15) is 0 Å². The van der Waals surface area contributed by atoms with Crippen LogP contribution in [0, 0.1) is 0 Å². The van der Waals surface area contributed by atoms with Gasteiger partial charge in [-0.3, -0.25) is 4.79 Å². The van der Waals surface area contributed by atoms with Crippen LogP contribution in [0.25, 0.3) is 0 Å². The van der Waals surface area contributed by atoms with Crippen LogP contribution < -0.4 is 0 Å². The molecule has 0 radical (unpaired) electrons. The molecule has 88 valence electrons. The van der Waals surface area contributed by atoms with Crippen molar-refractivity contribution in [2.45, 2.75) is 32.1 Å². The molecule has 0 amide bonds. The maximum Gasteiger partial charge on any atom is 0.212 e. The maximum atomic E-state index is 12.2. The van der Waals surface area contributed by atoms with Gasteiger partial charge in [0.2, 0.25) is 5.78 Å². The summed E-state index contributed by atoms with van der Waals surface area (Å²) in [5.41, 5.74) is 1.42. The number of ketones is 1. The second kappa shape index (κ2) is 4.75. The zero-order chi connectivity index (χ0) is 11.7. The van der Waals surface area contributed by atoms with Crippen LogP contribution >= 0.6 is 22.7 Å². The normalized spacial score (nSPS) is 15.3. The first-order chi connectivity index (χ1) is 8.34. The maximum absolute atomic E-state index is 12.2. The molecule has 0 spiro atoms. The van der Waals surface area contributed by atoms with Crippen molar-refractivity contribution in [1.29, 1.82) is 0 Å². The third kappa shape index (κ3) is 2.22. The highest BCUT2D eigenvalue weighted by Crippen LogP contribution is 2.30. The summed E-state index contributed by atoms with van der Waals surface area (Å²) in [6.07, 6.45) is 6.20. The molecule has 1 nitrogen and oxygen atoms in total. The zero-order valence-electron chi connectivity index (χ0n) is 9.57. The number of fused-ring (bicyclic) bond motifs is 1. The van der Waals surface area contributed by atoms with Gasteiger partial charge >= 0.3 is 0 Å². The number of aryl methyl sites for hydroxylation is 2. The molecule has 0 unspecified atom stereocenters. The van der Waals surface area contributed by atoms with Crippen LogP contribution in [0.1, 0.15) is 44.3 Å². The van der Waals surface area contributed by atoms with Crippen LogP contribution in [0.2, 0.25) is 0 Å². The lowest BCUT2D eigenvalue weighted by atomic mass is 10.1. The van der Waals surface area contributed by atoms with E-state index in [1.165, 1.54) is 41.0 Å². The minimum absolute atomic E-state index is 0.207. The van der Waals surface area contributed by atoms with Crippen LogP contribution in [0.3, 0.4) is 0 Å². The highest BCUT2D eigenvalue weighted by atomic mass is 32.1. The molecular formula is C14H14OS2. The third-order valence-electron chi connectivity index (χ3n) is 3.22. The van der Waals surface area contributed by atoms with Crippen LogP contribution in [-0.4, -0.2) is 5.78 Å². The van der Waals surface area contributed by atoms with E-state index in [-0.39, 0.29) is 5.78 Å². The lowest BCUT2D eigenvalue weighted by Crippen LogP contribution is -1.94. The lowest BCUT2D eigenvalue weighted by Gasteiger charge is -1.93. The fourth-order valence-corrected chi connectivity index (χ4v) is 4.26. The number of hydrogen-bond donors (Lipinski definition) is 0. The predicted molar refractivity (Wildman–Crippen MR) is 73.3 cm³/mol. The van der Waals surface area contributed by atoms with Gasteiger partial charge in [0.05, 0.1) is 9.75 Å². The Labute approximate surface area is 109 Å². The standard InChI is InChI=1S/C14H14OS2/c15-14(12-7-4-8-16-12)13-9-10-5-2-1-3-6-11(10)17-13/h4,7-9H,1-3,5-6H2. The van der Waals surface area contributed by atoms with Gasteiger partial charge < -0.3 is 0 Å². The van der Waals surface area contributed by atoms with Gasteiger partial charge in [0.15, 0.2) is 0 Å². The predicted octanol–water partition coefficient (Wildman–Crippen LogP) is 4.31. The minimum atomic E-state index is 0.207. The van der Waals surface area contributed by atoms with E-state index in [4.69, 9.17) is 0 Å². The fourth-order valence-electron chi connectivity index (χ4n) is 2.31. The molecule has 0 aliphatic heterocycles. The summed E-state index contributed by atoms with van der Waals surface area (Å²) in [6, 6.07) is 5.99. The quantitative estimate of drug-likeness (QED) is 0.582. The molecule has 0 saturated heterocycles. The first kappa shape index (κ1) is 11.2. The fraction of sp³-hybridized carbons (Fsp3) is 0.357. The van der Waals surface area contributed by atoms with Gasteiger partial charge in [-0.1, -0.05) is 12.5 Å². The molecule has 0 aromatic carbocycles. The molecule has 1 aliphatic carbocycles. The van der Waals surface area contributed by atoms with Gasteiger partial charge in [-0.25, -0.2) is 0 Å². The van der Waals surface area contributed by atoms with Gasteiger partial charge in [0, 0.05) is 4.88 Å². The Balaban J connectivity index is 1.92. The van der Waals surface area contributed by atoms with Crippen molar-refractivity contribution in [2.75, 3.05) is 0 Å². The van der Waals surface area contributed by atoms with Crippen molar-refractivity contribution in [3.63, 3.8) is 0 Å². The van der Waals surface area contributed by atoms with E-state index in [1.807, 2.05) is 17.5 Å². The third-order valence-corrected chi connectivity index (χ3v) is 5.32. The molecule has 0 bridgehead atoms. The van der Waals surface area contributed by atoms with E-state index in [0.29, 0.717) is 0 Å². The topological polar surface area (TPSA) is 17.1 Å². The molecule has 0 N–H and O–H groups in total. The molecule has 0 saturated carbocycles. The largest absolute Gasteiger partial charge is 0.287 e. The lowest BCUT2D eigenvalue weighted by molar-refractivity contribution is 0.104. The second-order valence-electron chi connectivity index (χ2n) is 4.43. The average Bonchev–Trinajstić information content (AvgIpc) is 2.95. The summed E-state index contributed by atoms with van der Waals surface area (Å²) >= 11 is 3.25. The van der Waals surface area contributed by atoms with Crippen LogP contribution in [0.4, 0.5) is 0 Å².